The molecule has 8 nitrogen and oxygen atoms in total. The van der Waals surface area contributed by atoms with Crippen LogP contribution in [-0.2, 0) is 4.79 Å². The van der Waals surface area contributed by atoms with Crippen molar-refractivity contribution < 1.29 is 4.79 Å². The highest BCUT2D eigenvalue weighted by Gasteiger charge is 2.61. The molecule has 8 heteroatoms. The van der Waals surface area contributed by atoms with E-state index in [0.29, 0.717) is 6.54 Å². The lowest BCUT2D eigenvalue weighted by molar-refractivity contribution is -0.124. The molecule has 0 unspecified atom stereocenters. The minimum atomic E-state index is -0.904. The van der Waals surface area contributed by atoms with Gasteiger partial charge in [0.25, 0.3) is 0 Å². The number of rotatable bonds is 3. The lowest BCUT2D eigenvalue weighted by Gasteiger charge is -2.23. The highest BCUT2D eigenvalue weighted by Crippen LogP contribution is 2.54. The second-order valence-electron chi connectivity index (χ2n) is 8.28. The van der Waals surface area contributed by atoms with Gasteiger partial charge in [-0.25, -0.2) is 9.50 Å². The molecule has 0 radical (unpaired) electrons. The summed E-state index contributed by atoms with van der Waals surface area (Å²) in [7, 11) is 0. The molecule has 0 N–H and O–H groups in total. The first-order chi connectivity index (χ1) is 14.6. The van der Waals surface area contributed by atoms with Gasteiger partial charge in [0.1, 0.15) is 11.1 Å². The number of aromatic nitrogens is 5. The van der Waals surface area contributed by atoms with Crippen LogP contribution in [0.15, 0.2) is 49.3 Å². The molecule has 2 fully saturated rings. The molecule has 1 saturated carbocycles. The van der Waals surface area contributed by atoms with Gasteiger partial charge in [-0.05, 0) is 30.9 Å². The fourth-order valence-corrected chi connectivity index (χ4v) is 4.92. The zero-order valence-electron chi connectivity index (χ0n) is 16.4. The highest BCUT2D eigenvalue weighted by molar-refractivity contribution is 6.05. The van der Waals surface area contributed by atoms with Gasteiger partial charge in [0, 0.05) is 55.2 Å². The highest BCUT2D eigenvalue weighted by atomic mass is 16.2. The third kappa shape index (κ3) is 2.15. The third-order valence-electron chi connectivity index (χ3n) is 6.60. The maximum absolute atomic E-state index is 13.5. The molecule has 30 heavy (non-hydrogen) atoms. The Kier molecular flexibility index (Phi) is 3.37. The largest absolute Gasteiger partial charge is 0.309 e. The number of anilines is 1. The molecule has 2 atom stereocenters. The quantitative estimate of drug-likeness (QED) is 0.530. The molecule has 6 rings (SSSR count). The van der Waals surface area contributed by atoms with E-state index in [9.17, 15) is 10.1 Å². The van der Waals surface area contributed by atoms with Crippen molar-refractivity contribution in [1.82, 2.24) is 24.0 Å². The fraction of sp³-hybridized carbons (Fsp3) is 0.318. The van der Waals surface area contributed by atoms with Gasteiger partial charge >= 0.3 is 0 Å². The second-order valence-corrected chi connectivity index (χ2v) is 8.28. The summed E-state index contributed by atoms with van der Waals surface area (Å²) in [5.41, 5.74) is 3.08. The number of carbonyl (C=O) groups excluding carboxylic acids is 1. The lowest BCUT2D eigenvalue weighted by Crippen LogP contribution is -2.37. The van der Waals surface area contributed by atoms with Crippen molar-refractivity contribution >= 4 is 22.8 Å². The Balaban J connectivity index is 1.48. The van der Waals surface area contributed by atoms with Crippen LogP contribution in [0.3, 0.4) is 0 Å². The Morgan fingerprint density at radius 3 is 2.77 bits per heavy atom. The van der Waals surface area contributed by atoms with E-state index in [0.717, 1.165) is 41.0 Å². The predicted octanol–water partition coefficient (Wildman–Crippen LogP) is 2.95. The van der Waals surface area contributed by atoms with Crippen LogP contribution in [0.2, 0.25) is 0 Å². The maximum Gasteiger partial charge on any atom is 0.248 e. The molecule has 0 spiro atoms. The molecule has 2 aliphatic rings. The van der Waals surface area contributed by atoms with Crippen LogP contribution >= 0.6 is 0 Å². The van der Waals surface area contributed by atoms with Crippen LogP contribution in [0.4, 0.5) is 5.69 Å². The third-order valence-corrected chi connectivity index (χ3v) is 6.60. The number of imidazole rings is 1. The first kappa shape index (κ1) is 17.2. The normalized spacial score (nSPS) is 24.1. The van der Waals surface area contributed by atoms with E-state index in [4.69, 9.17) is 0 Å². The Bertz CT molecular complexity index is 1360. The van der Waals surface area contributed by atoms with E-state index in [2.05, 4.69) is 21.1 Å². The summed E-state index contributed by atoms with van der Waals surface area (Å²) in [4.78, 5) is 24.2. The minimum Gasteiger partial charge on any atom is -0.309 e. The van der Waals surface area contributed by atoms with E-state index in [1.165, 1.54) is 0 Å². The van der Waals surface area contributed by atoms with E-state index in [-0.39, 0.29) is 17.7 Å². The number of amides is 1. The molecule has 0 aromatic carbocycles. The van der Waals surface area contributed by atoms with Crippen molar-refractivity contribution in [2.75, 3.05) is 11.4 Å². The summed E-state index contributed by atoms with van der Waals surface area (Å²) in [6, 6.07) is 6.24. The van der Waals surface area contributed by atoms with Crippen LogP contribution in [0.5, 0.6) is 0 Å². The Hall–Kier alpha value is -3.73. The van der Waals surface area contributed by atoms with Crippen LogP contribution in [0.25, 0.3) is 22.4 Å². The monoisotopic (exact) mass is 397 g/mol. The Morgan fingerprint density at radius 2 is 2.00 bits per heavy atom. The first-order valence-electron chi connectivity index (χ1n) is 10.1. The molecular formula is C22H19N7O. The summed E-state index contributed by atoms with van der Waals surface area (Å²) in [6.07, 6.45) is 12.7. The van der Waals surface area contributed by atoms with Crippen molar-refractivity contribution in [2.45, 2.75) is 19.8 Å². The zero-order valence-corrected chi connectivity index (χ0v) is 16.4. The standard InChI is InChI=1S/C22H19N7O/c1-14-11-28(21(30)22(14,13-23)16-2-3-16)17-4-5-26-29-12-15(10-18(17)29)19-20-25-7-9-27(20)8-6-24-19/h4-10,12,14,16H,2-3,11H2,1H3/t14-,22+/m1/s1. The number of fused-ring (bicyclic) bond motifs is 2. The molecule has 5 heterocycles. The molecule has 148 valence electrons. The molecule has 1 aliphatic carbocycles. The van der Waals surface area contributed by atoms with Gasteiger partial charge in [-0.1, -0.05) is 6.92 Å². The lowest BCUT2D eigenvalue weighted by atomic mass is 9.75. The molecule has 4 aromatic heterocycles. The van der Waals surface area contributed by atoms with Gasteiger partial charge in [0.05, 0.1) is 17.3 Å². The van der Waals surface area contributed by atoms with Gasteiger partial charge in [-0.2, -0.15) is 10.4 Å². The number of nitrogens with zero attached hydrogens (tertiary/aromatic N) is 7. The van der Waals surface area contributed by atoms with E-state index in [1.807, 2.05) is 42.0 Å². The van der Waals surface area contributed by atoms with Gasteiger partial charge in [0.15, 0.2) is 5.65 Å². The molecule has 1 saturated heterocycles. The summed E-state index contributed by atoms with van der Waals surface area (Å²) in [6.45, 7) is 2.56. The Morgan fingerprint density at radius 1 is 1.20 bits per heavy atom. The number of hydrogen-bond acceptors (Lipinski definition) is 5. The van der Waals surface area contributed by atoms with E-state index < -0.39 is 5.41 Å². The van der Waals surface area contributed by atoms with Crippen molar-refractivity contribution in [2.24, 2.45) is 17.3 Å². The Labute approximate surface area is 172 Å². The zero-order chi connectivity index (χ0) is 20.5. The smallest absolute Gasteiger partial charge is 0.248 e. The van der Waals surface area contributed by atoms with E-state index >= 15 is 0 Å². The number of hydrogen-bond donors (Lipinski definition) is 0. The minimum absolute atomic E-state index is 0.00881. The molecule has 0 bridgehead atoms. The van der Waals surface area contributed by atoms with Gasteiger partial charge in [-0.3, -0.25) is 9.78 Å². The van der Waals surface area contributed by atoms with Crippen LogP contribution < -0.4 is 4.90 Å². The summed E-state index contributed by atoms with van der Waals surface area (Å²) in [5, 5.41) is 14.4. The summed E-state index contributed by atoms with van der Waals surface area (Å²) in [5.74, 6) is 0.0901. The number of carbonyl (C=O) groups is 1. The van der Waals surface area contributed by atoms with Crippen molar-refractivity contribution in [3.8, 4) is 17.3 Å². The molecule has 1 aliphatic heterocycles. The average molecular weight is 397 g/mol. The average Bonchev–Trinajstić information content (AvgIpc) is 3.23. The summed E-state index contributed by atoms with van der Waals surface area (Å²) < 4.78 is 3.68. The topological polar surface area (TPSA) is 91.6 Å². The van der Waals surface area contributed by atoms with Gasteiger partial charge in [-0.15, -0.1) is 0 Å². The maximum atomic E-state index is 13.5. The van der Waals surface area contributed by atoms with Crippen LogP contribution in [0, 0.1) is 28.6 Å². The molecule has 1 amide bonds. The summed E-state index contributed by atoms with van der Waals surface area (Å²) >= 11 is 0. The predicted molar refractivity (Wildman–Crippen MR) is 109 cm³/mol. The van der Waals surface area contributed by atoms with Crippen LogP contribution in [0.1, 0.15) is 19.8 Å². The van der Waals surface area contributed by atoms with Gasteiger partial charge in [0.2, 0.25) is 5.91 Å². The molecule has 4 aromatic rings. The first-order valence-corrected chi connectivity index (χ1v) is 10.1. The second kappa shape index (κ2) is 5.89. The SMILES string of the molecule is C[C@@H]1CN(c2ccnn3cc(-c4nccn5ccnc45)cc23)C(=O)[C@]1(C#N)C1CC1. The fourth-order valence-electron chi connectivity index (χ4n) is 4.92. The van der Waals surface area contributed by atoms with E-state index in [1.54, 1.807) is 28.0 Å². The molecular weight excluding hydrogens is 378 g/mol. The van der Waals surface area contributed by atoms with Crippen molar-refractivity contribution in [3.05, 3.63) is 49.3 Å². The van der Waals surface area contributed by atoms with Gasteiger partial charge < -0.3 is 9.30 Å². The van der Waals surface area contributed by atoms with Crippen LogP contribution in [-0.4, -0.2) is 36.4 Å². The van der Waals surface area contributed by atoms with Crippen molar-refractivity contribution in [1.29, 1.82) is 5.26 Å². The number of nitriles is 1. The van der Waals surface area contributed by atoms with Crippen molar-refractivity contribution in [3.63, 3.8) is 0 Å².